The number of amides is 1. The lowest BCUT2D eigenvalue weighted by atomic mass is 9.78. The van der Waals surface area contributed by atoms with Crippen LogP contribution in [-0.4, -0.2) is 29.2 Å². The van der Waals surface area contributed by atoms with Crippen LogP contribution in [0.25, 0.3) is 10.9 Å². The van der Waals surface area contributed by atoms with Gasteiger partial charge >= 0.3 is 0 Å². The minimum atomic E-state index is -0.454. The van der Waals surface area contributed by atoms with E-state index in [1.54, 1.807) is 11.5 Å². The lowest BCUT2D eigenvalue weighted by molar-refractivity contribution is 0.0706. The molecular formula is C17H21N3O2. The number of carbonyl (C=O) groups excluding carboxylic acids is 1. The molecule has 5 heteroatoms. The van der Waals surface area contributed by atoms with Gasteiger partial charge in [0.25, 0.3) is 5.91 Å². The van der Waals surface area contributed by atoms with Crippen LogP contribution in [0, 0.1) is 5.92 Å². The summed E-state index contributed by atoms with van der Waals surface area (Å²) in [6.45, 7) is 2.23. The summed E-state index contributed by atoms with van der Waals surface area (Å²) < 4.78 is 0. The van der Waals surface area contributed by atoms with Crippen LogP contribution in [-0.2, 0) is 6.42 Å². The second-order valence-electron chi connectivity index (χ2n) is 6.47. The summed E-state index contributed by atoms with van der Waals surface area (Å²) in [4.78, 5) is 15.2. The molecule has 2 aliphatic rings. The third kappa shape index (κ3) is 2.12. The van der Waals surface area contributed by atoms with Gasteiger partial charge in [-0.3, -0.25) is 10.0 Å². The van der Waals surface area contributed by atoms with Gasteiger partial charge in [-0.25, -0.2) is 5.48 Å². The second kappa shape index (κ2) is 5.41. The van der Waals surface area contributed by atoms with E-state index in [2.05, 4.69) is 10.3 Å². The molecule has 1 saturated heterocycles. The standard InChI is InChI=1S/C17H21N3O2/c21-17(20-22)10-4-5-15-14(8-10)13-3-1-2-12(16(13)19-15)11-6-7-18-9-11/h4-5,8,11-12,18-19,22H,1-3,6-7,9H2,(H,20,21). The zero-order valence-corrected chi connectivity index (χ0v) is 12.5. The highest BCUT2D eigenvalue weighted by molar-refractivity contribution is 5.98. The predicted octanol–water partition coefficient (Wildman–Crippen LogP) is 2.32. The van der Waals surface area contributed by atoms with Crippen molar-refractivity contribution >= 4 is 16.8 Å². The molecule has 1 aromatic carbocycles. The molecule has 0 bridgehead atoms. The quantitative estimate of drug-likeness (QED) is 0.508. The highest BCUT2D eigenvalue weighted by atomic mass is 16.5. The van der Waals surface area contributed by atoms with Gasteiger partial charge in [-0.1, -0.05) is 0 Å². The van der Waals surface area contributed by atoms with Gasteiger partial charge in [0, 0.05) is 28.1 Å². The lowest BCUT2D eigenvalue weighted by Gasteiger charge is -2.27. The topological polar surface area (TPSA) is 77.2 Å². The average Bonchev–Trinajstić information content (AvgIpc) is 3.20. The zero-order valence-electron chi connectivity index (χ0n) is 12.5. The monoisotopic (exact) mass is 299 g/mol. The van der Waals surface area contributed by atoms with Gasteiger partial charge in [0.2, 0.25) is 0 Å². The van der Waals surface area contributed by atoms with Crippen molar-refractivity contribution in [2.24, 2.45) is 5.92 Å². The summed E-state index contributed by atoms with van der Waals surface area (Å²) in [6.07, 6.45) is 4.77. The van der Waals surface area contributed by atoms with Crippen molar-refractivity contribution in [3.05, 3.63) is 35.0 Å². The molecule has 5 nitrogen and oxygen atoms in total. The first-order valence-corrected chi connectivity index (χ1v) is 8.07. The Hall–Kier alpha value is -1.85. The summed E-state index contributed by atoms with van der Waals surface area (Å²) in [5, 5.41) is 13.4. The zero-order chi connectivity index (χ0) is 15.1. The van der Waals surface area contributed by atoms with E-state index >= 15 is 0 Å². The maximum atomic E-state index is 11.6. The van der Waals surface area contributed by atoms with Gasteiger partial charge in [0.05, 0.1) is 0 Å². The second-order valence-corrected chi connectivity index (χ2v) is 6.47. The number of hydroxylamine groups is 1. The normalized spacial score (nSPS) is 24.4. The van der Waals surface area contributed by atoms with Crippen LogP contribution in [0.2, 0.25) is 0 Å². The Labute approximate surface area is 129 Å². The molecule has 1 aliphatic carbocycles. The smallest absolute Gasteiger partial charge is 0.274 e. The summed E-state index contributed by atoms with van der Waals surface area (Å²) in [7, 11) is 0. The number of H-pyrrole nitrogens is 1. The number of rotatable bonds is 2. The van der Waals surface area contributed by atoms with Crippen molar-refractivity contribution in [3.63, 3.8) is 0 Å². The van der Waals surface area contributed by atoms with Crippen molar-refractivity contribution in [1.29, 1.82) is 0 Å². The van der Waals surface area contributed by atoms with Gasteiger partial charge in [-0.2, -0.15) is 0 Å². The fourth-order valence-electron chi connectivity index (χ4n) is 4.20. The Morgan fingerprint density at radius 1 is 1.32 bits per heavy atom. The molecule has 22 heavy (non-hydrogen) atoms. The van der Waals surface area contributed by atoms with Crippen LogP contribution in [0.3, 0.4) is 0 Å². The summed E-state index contributed by atoms with van der Waals surface area (Å²) in [5.41, 5.74) is 6.05. The van der Waals surface area contributed by atoms with E-state index in [-0.39, 0.29) is 0 Å². The van der Waals surface area contributed by atoms with Crippen LogP contribution in [0.4, 0.5) is 0 Å². The summed E-state index contributed by atoms with van der Waals surface area (Å²) in [5.74, 6) is 0.859. The summed E-state index contributed by atoms with van der Waals surface area (Å²) in [6, 6.07) is 5.59. The van der Waals surface area contributed by atoms with Crippen molar-refractivity contribution in [1.82, 2.24) is 15.8 Å². The van der Waals surface area contributed by atoms with Crippen LogP contribution >= 0.6 is 0 Å². The van der Waals surface area contributed by atoms with Gasteiger partial charge < -0.3 is 10.3 Å². The van der Waals surface area contributed by atoms with Crippen LogP contribution in [0.15, 0.2) is 18.2 Å². The van der Waals surface area contributed by atoms with Gasteiger partial charge in [0.1, 0.15) is 0 Å². The number of fused-ring (bicyclic) bond motifs is 3. The number of nitrogens with one attached hydrogen (secondary N) is 3. The fraction of sp³-hybridized carbons (Fsp3) is 0.471. The Kier molecular flexibility index (Phi) is 3.39. The van der Waals surface area contributed by atoms with Gasteiger partial charge in [-0.05, 0) is 68.5 Å². The average molecular weight is 299 g/mol. The Morgan fingerprint density at radius 2 is 2.23 bits per heavy atom. The molecule has 1 fully saturated rings. The number of benzene rings is 1. The van der Waals surface area contributed by atoms with E-state index in [1.807, 2.05) is 12.1 Å². The van der Waals surface area contributed by atoms with Gasteiger partial charge in [0.15, 0.2) is 0 Å². The van der Waals surface area contributed by atoms with Crippen molar-refractivity contribution in [2.45, 2.75) is 31.6 Å². The number of aromatic nitrogens is 1. The van der Waals surface area contributed by atoms with Crippen molar-refractivity contribution in [3.8, 4) is 0 Å². The predicted molar refractivity (Wildman–Crippen MR) is 84.2 cm³/mol. The molecule has 2 atom stereocenters. The first-order valence-electron chi connectivity index (χ1n) is 8.07. The first-order chi connectivity index (χ1) is 10.8. The van der Waals surface area contributed by atoms with E-state index in [4.69, 9.17) is 5.21 Å². The molecular weight excluding hydrogens is 278 g/mol. The van der Waals surface area contributed by atoms with E-state index in [0.717, 1.165) is 30.4 Å². The maximum Gasteiger partial charge on any atom is 0.274 e. The molecule has 0 radical (unpaired) electrons. The van der Waals surface area contributed by atoms with E-state index in [9.17, 15) is 4.79 Å². The van der Waals surface area contributed by atoms with E-state index in [0.29, 0.717) is 17.4 Å². The van der Waals surface area contributed by atoms with Crippen LogP contribution in [0.5, 0.6) is 0 Å². The molecule has 116 valence electrons. The Morgan fingerprint density at radius 3 is 3.00 bits per heavy atom. The molecule has 1 aliphatic heterocycles. The summed E-state index contributed by atoms with van der Waals surface area (Å²) >= 11 is 0. The fourth-order valence-corrected chi connectivity index (χ4v) is 4.20. The van der Waals surface area contributed by atoms with Gasteiger partial charge in [-0.15, -0.1) is 0 Å². The molecule has 4 N–H and O–H groups in total. The van der Waals surface area contributed by atoms with E-state index < -0.39 is 5.91 Å². The number of carbonyl (C=O) groups is 1. The number of hydrogen-bond donors (Lipinski definition) is 4. The Bertz CT molecular complexity index is 716. The Balaban J connectivity index is 1.79. The first kappa shape index (κ1) is 13.8. The third-order valence-corrected chi connectivity index (χ3v) is 5.28. The number of aryl methyl sites for hydroxylation is 1. The molecule has 0 saturated carbocycles. The molecule has 0 spiro atoms. The van der Waals surface area contributed by atoms with E-state index in [1.165, 1.54) is 30.5 Å². The highest BCUT2D eigenvalue weighted by Gasteiger charge is 2.32. The molecule has 1 amide bonds. The van der Waals surface area contributed by atoms with Crippen LogP contribution in [0.1, 0.15) is 46.8 Å². The molecule has 2 unspecified atom stereocenters. The maximum absolute atomic E-state index is 11.6. The lowest BCUT2D eigenvalue weighted by Crippen LogP contribution is -2.20. The molecule has 4 rings (SSSR count). The number of aromatic amines is 1. The largest absolute Gasteiger partial charge is 0.358 e. The minimum absolute atomic E-state index is 0.454. The number of hydrogen-bond acceptors (Lipinski definition) is 3. The highest BCUT2D eigenvalue weighted by Crippen LogP contribution is 2.41. The van der Waals surface area contributed by atoms with Crippen molar-refractivity contribution in [2.75, 3.05) is 13.1 Å². The molecule has 2 aromatic rings. The molecule has 2 heterocycles. The minimum Gasteiger partial charge on any atom is -0.358 e. The third-order valence-electron chi connectivity index (χ3n) is 5.28. The SMILES string of the molecule is O=C(NO)c1ccc2[nH]c3c(c2c1)CCCC3C1CCNC1. The molecule has 1 aromatic heterocycles. The van der Waals surface area contributed by atoms with Crippen molar-refractivity contribution < 1.29 is 10.0 Å². The van der Waals surface area contributed by atoms with Crippen LogP contribution < -0.4 is 10.8 Å².